The Hall–Kier alpha value is -1.20. The summed E-state index contributed by atoms with van der Waals surface area (Å²) in [6, 6.07) is 8.34. The van der Waals surface area contributed by atoms with E-state index in [1.807, 2.05) is 6.08 Å². The summed E-state index contributed by atoms with van der Waals surface area (Å²) in [5.74, 6) is 0. The van der Waals surface area contributed by atoms with Gasteiger partial charge in [-0.1, -0.05) is 36.9 Å². The van der Waals surface area contributed by atoms with E-state index < -0.39 is 0 Å². The summed E-state index contributed by atoms with van der Waals surface area (Å²) in [5, 5.41) is 21.2. The maximum atomic E-state index is 8.91. The van der Waals surface area contributed by atoms with E-state index in [4.69, 9.17) is 10.2 Å². The summed E-state index contributed by atoms with van der Waals surface area (Å²) in [6.45, 7) is 7.96. The first-order valence-electron chi connectivity index (χ1n) is 7.16. The molecule has 0 amide bonds. The van der Waals surface area contributed by atoms with E-state index in [9.17, 15) is 0 Å². The average Bonchev–Trinajstić information content (AvgIpc) is 2.48. The summed E-state index contributed by atoms with van der Waals surface area (Å²) < 4.78 is 0. The zero-order valence-electron chi connectivity index (χ0n) is 12.1. The molecular formula is C16H26N2O2. The highest BCUT2D eigenvalue weighted by Gasteiger charge is 2.02. The van der Waals surface area contributed by atoms with Gasteiger partial charge in [0.1, 0.15) is 0 Å². The minimum atomic E-state index is 0.142. The highest BCUT2D eigenvalue weighted by Crippen LogP contribution is 2.05. The first-order chi connectivity index (χ1) is 9.80. The van der Waals surface area contributed by atoms with Crippen LogP contribution in [0.5, 0.6) is 0 Å². The molecule has 0 fully saturated rings. The Morgan fingerprint density at radius 2 is 1.70 bits per heavy atom. The Labute approximate surface area is 121 Å². The zero-order chi connectivity index (χ0) is 14.6. The van der Waals surface area contributed by atoms with Crippen LogP contribution in [0, 0.1) is 0 Å². The molecule has 1 aromatic rings. The lowest BCUT2D eigenvalue weighted by molar-refractivity contribution is 0.160. The molecule has 1 aromatic carbocycles. The van der Waals surface area contributed by atoms with E-state index >= 15 is 0 Å². The van der Waals surface area contributed by atoms with Crippen molar-refractivity contribution >= 4 is 6.08 Å². The van der Waals surface area contributed by atoms with Gasteiger partial charge in [-0.3, -0.25) is 4.90 Å². The molecular weight excluding hydrogens is 252 g/mol. The molecule has 0 aliphatic rings. The van der Waals surface area contributed by atoms with Gasteiger partial charge in [0.2, 0.25) is 0 Å². The van der Waals surface area contributed by atoms with Gasteiger partial charge in [0.05, 0.1) is 13.2 Å². The van der Waals surface area contributed by atoms with E-state index in [0.717, 1.165) is 31.6 Å². The minimum absolute atomic E-state index is 0.142. The average molecular weight is 278 g/mol. The quantitative estimate of drug-likeness (QED) is 0.531. The molecule has 0 unspecified atom stereocenters. The third-order valence-corrected chi connectivity index (χ3v) is 3.20. The van der Waals surface area contributed by atoms with Crippen molar-refractivity contribution in [2.75, 3.05) is 39.4 Å². The molecule has 20 heavy (non-hydrogen) atoms. The van der Waals surface area contributed by atoms with Crippen molar-refractivity contribution in [3.8, 4) is 0 Å². The largest absolute Gasteiger partial charge is 0.395 e. The van der Waals surface area contributed by atoms with Crippen LogP contribution in [0.1, 0.15) is 17.5 Å². The Balaban J connectivity index is 2.15. The van der Waals surface area contributed by atoms with Crippen LogP contribution in [0.4, 0.5) is 0 Å². The second kappa shape index (κ2) is 10.6. The molecule has 0 atom stereocenters. The molecule has 0 aromatic heterocycles. The van der Waals surface area contributed by atoms with Crippen LogP contribution in [-0.2, 0) is 6.54 Å². The van der Waals surface area contributed by atoms with Crippen molar-refractivity contribution < 1.29 is 10.2 Å². The predicted molar refractivity (Wildman–Crippen MR) is 83.5 cm³/mol. The summed E-state index contributed by atoms with van der Waals surface area (Å²) in [6.07, 6.45) is 2.85. The van der Waals surface area contributed by atoms with Gasteiger partial charge in [-0.25, -0.2) is 0 Å². The first kappa shape index (κ1) is 16.9. The number of aliphatic hydroxyl groups excluding tert-OH is 2. The van der Waals surface area contributed by atoms with Gasteiger partial charge in [-0.2, -0.15) is 0 Å². The lowest BCUT2D eigenvalue weighted by Crippen LogP contribution is -2.32. The first-order valence-corrected chi connectivity index (χ1v) is 7.16. The standard InChI is InChI=1S/C16H26N2O2/c1-2-15-4-6-16(7-5-15)14-17-8-3-9-18(10-12-19)11-13-20/h2,4-7,17,19-20H,1,3,8-14H2. The van der Waals surface area contributed by atoms with Gasteiger partial charge >= 0.3 is 0 Å². The number of nitrogens with zero attached hydrogens (tertiary/aromatic N) is 1. The Morgan fingerprint density at radius 1 is 1.05 bits per heavy atom. The summed E-state index contributed by atoms with van der Waals surface area (Å²) in [4.78, 5) is 2.07. The van der Waals surface area contributed by atoms with Crippen LogP contribution in [0.2, 0.25) is 0 Å². The predicted octanol–water partition coefficient (Wildman–Crippen LogP) is 1.10. The van der Waals surface area contributed by atoms with E-state index in [1.54, 1.807) is 0 Å². The second-order valence-electron chi connectivity index (χ2n) is 4.76. The summed E-state index contributed by atoms with van der Waals surface area (Å²) in [7, 11) is 0. The molecule has 0 radical (unpaired) electrons. The minimum Gasteiger partial charge on any atom is -0.395 e. The third kappa shape index (κ3) is 6.82. The molecule has 3 N–H and O–H groups in total. The van der Waals surface area contributed by atoms with Crippen molar-refractivity contribution in [2.45, 2.75) is 13.0 Å². The fraction of sp³-hybridized carbons (Fsp3) is 0.500. The molecule has 0 saturated carbocycles. The zero-order valence-corrected chi connectivity index (χ0v) is 12.1. The Morgan fingerprint density at radius 3 is 2.25 bits per heavy atom. The third-order valence-electron chi connectivity index (χ3n) is 3.20. The highest BCUT2D eigenvalue weighted by atomic mass is 16.3. The maximum Gasteiger partial charge on any atom is 0.0558 e. The molecule has 4 nitrogen and oxygen atoms in total. The van der Waals surface area contributed by atoms with E-state index in [0.29, 0.717) is 13.1 Å². The van der Waals surface area contributed by atoms with E-state index in [2.05, 4.69) is 41.1 Å². The number of nitrogens with one attached hydrogen (secondary N) is 1. The number of rotatable bonds is 11. The molecule has 0 aliphatic heterocycles. The van der Waals surface area contributed by atoms with Crippen molar-refractivity contribution in [3.63, 3.8) is 0 Å². The summed E-state index contributed by atoms with van der Waals surface area (Å²) >= 11 is 0. The lowest BCUT2D eigenvalue weighted by atomic mass is 10.1. The summed E-state index contributed by atoms with van der Waals surface area (Å²) in [5.41, 5.74) is 2.40. The van der Waals surface area contributed by atoms with Gasteiger partial charge in [0.15, 0.2) is 0 Å². The molecule has 0 aliphatic carbocycles. The van der Waals surface area contributed by atoms with Gasteiger partial charge in [-0.15, -0.1) is 0 Å². The molecule has 0 spiro atoms. The topological polar surface area (TPSA) is 55.7 Å². The van der Waals surface area contributed by atoms with Crippen molar-refractivity contribution in [2.24, 2.45) is 0 Å². The van der Waals surface area contributed by atoms with Crippen molar-refractivity contribution in [1.82, 2.24) is 10.2 Å². The molecule has 0 heterocycles. The Bertz CT molecular complexity index is 359. The Kier molecular flexibility index (Phi) is 8.91. The van der Waals surface area contributed by atoms with Crippen molar-refractivity contribution in [1.29, 1.82) is 0 Å². The fourth-order valence-electron chi connectivity index (χ4n) is 2.05. The van der Waals surface area contributed by atoms with Gasteiger partial charge in [0.25, 0.3) is 0 Å². The molecule has 4 heteroatoms. The number of aliphatic hydroxyl groups is 2. The molecule has 1 rings (SSSR count). The van der Waals surface area contributed by atoms with E-state index in [-0.39, 0.29) is 13.2 Å². The van der Waals surface area contributed by atoms with Gasteiger partial charge < -0.3 is 15.5 Å². The smallest absolute Gasteiger partial charge is 0.0558 e. The highest BCUT2D eigenvalue weighted by molar-refractivity contribution is 5.47. The lowest BCUT2D eigenvalue weighted by Gasteiger charge is -2.19. The maximum absolute atomic E-state index is 8.91. The van der Waals surface area contributed by atoms with Crippen LogP contribution in [0.15, 0.2) is 30.8 Å². The van der Waals surface area contributed by atoms with Crippen molar-refractivity contribution in [3.05, 3.63) is 42.0 Å². The number of hydrogen-bond acceptors (Lipinski definition) is 4. The molecule has 112 valence electrons. The van der Waals surface area contributed by atoms with Gasteiger partial charge in [0, 0.05) is 19.6 Å². The van der Waals surface area contributed by atoms with Crippen LogP contribution in [0.3, 0.4) is 0 Å². The van der Waals surface area contributed by atoms with Gasteiger partial charge in [-0.05, 0) is 30.6 Å². The second-order valence-corrected chi connectivity index (χ2v) is 4.76. The normalized spacial score (nSPS) is 10.9. The SMILES string of the molecule is C=Cc1ccc(CNCCCN(CCO)CCO)cc1. The van der Waals surface area contributed by atoms with Crippen LogP contribution >= 0.6 is 0 Å². The molecule has 0 saturated heterocycles. The molecule has 0 bridgehead atoms. The fourth-order valence-corrected chi connectivity index (χ4v) is 2.05. The monoisotopic (exact) mass is 278 g/mol. The number of benzene rings is 1. The van der Waals surface area contributed by atoms with Crippen LogP contribution < -0.4 is 5.32 Å². The van der Waals surface area contributed by atoms with Crippen LogP contribution in [-0.4, -0.2) is 54.5 Å². The van der Waals surface area contributed by atoms with E-state index in [1.165, 1.54) is 5.56 Å². The van der Waals surface area contributed by atoms with Crippen LogP contribution in [0.25, 0.3) is 6.08 Å². The number of hydrogen-bond donors (Lipinski definition) is 3.